The van der Waals surface area contributed by atoms with E-state index < -0.39 is 17.6 Å². The third-order valence-corrected chi connectivity index (χ3v) is 4.31. The molecule has 1 amide bonds. The van der Waals surface area contributed by atoms with Crippen LogP contribution in [-0.2, 0) is 6.18 Å². The zero-order valence-electron chi connectivity index (χ0n) is 12.1. The van der Waals surface area contributed by atoms with Crippen LogP contribution in [0.15, 0.2) is 54.6 Å². The molecule has 3 nitrogen and oxygen atoms in total. The molecule has 0 atom stereocenters. The van der Waals surface area contributed by atoms with Gasteiger partial charge in [0.15, 0.2) is 0 Å². The predicted molar refractivity (Wildman–Crippen MR) is 93.9 cm³/mol. The average molecular weight is 442 g/mol. The van der Waals surface area contributed by atoms with E-state index in [0.717, 1.165) is 17.5 Å². The van der Waals surface area contributed by atoms with Crippen LogP contribution in [0.25, 0.3) is 10.9 Å². The molecule has 1 N–H and O–H groups in total. The van der Waals surface area contributed by atoms with Gasteiger partial charge in [-0.05, 0) is 52.9 Å². The molecule has 0 saturated carbocycles. The molecule has 2 aromatic carbocycles. The van der Waals surface area contributed by atoms with Crippen LogP contribution in [-0.4, -0.2) is 10.9 Å². The van der Waals surface area contributed by atoms with E-state index in [9.17, 15) is 18.0 Å². The second kappa shape index (κ2) is 6.39. The first-order valence-corrected chi connectivity index (χ1v) is 7.96. The molecule has 122 valence electrons. The molecule has 1 heterocycles. The van der Waals surface area contributed by atoms with Gasteiger partial charge in [0.05, 0.1) is 16.8 Å². The zero-order valence-corrected chi connectivity index (χ0v) is 14.2. The molecule has 0 radical (unpaired) electrons. The number of anilines is 1. The van der Waals surface area contributed by atoms with Crippen LogP contribution in [0.4, 0.5) is 18.9 Å². The van der Waals surface area contributed by atoms with Crippen molar-refractivity contribution in [3.63, 3.8) is 0 Å². The van der Waals surface area contributed by atoms with E-state index in [0.29, 0.717) is 9.09 Å². The van der Waals surface area contributed by atoms with Crippen molar-refractivity contribution in [2.45, 2.75) is 6.18 Å². The predicted octanol–water partition coefficient (Wildman–Crippen LogP) is 5.11. The number of para-hydroxylation sites is 1. The van der Waals surface area contributed by atoms with Crippen molar-refractivity contribution in [1.29, 1.82) is 0 Å². The summed E-state index contributed by atoms with van der Waals surface area (Å²) in [6.45, 7) is 0. The van der Waals surface area contributed by atoms with Gasteiger partial charge >= 0.3 is 6.18 Å². The van der Waals surface area contributed by atoms with Crippen LogP contribution in [0.3, 0.4) is 0 Å². The number of nitrogens with one attached hydrogen (secondary N) is 1. The Morgan fingerprint density at radius 3 is 2.54 bits per heavy atom. The standard InChI is InChI=1S/C17H10F3IN2O/c18-17(19,20)11-6-7-12(21)15(9-11)23-16(24)14-8-5-10-3-1-2-4-13(10)22-14/h1-9H,(H,23,24). The minimum Gasteiger partial charge on any atom is -0.320 e. The topological polar surface area (TPSA) is 42.0 Å². The van der Waals surface area contributed by atoms with E-state index in [1.165, 1.54) is 12.1 Å². The highest BCUT2D eigenvalue weighted by atomic mass is 127. The van der Waals surface area contributed by atoms with Crippen molar-refractivity contribution < 1.29 is 18.0 Å². The van der Waals surface area contributed by atoms with Crippen LogP contribution < -0.4 is 5.32 Å². The number of halogens is 4. The number of alkyl halides is 3. The van der Waals surface area contributed by atoms with Gasteiger partial charge in [0.2, 0.25) is 0 Å². The monoisotopic (exact) mass is 442 g/mol. The fraction of sp³-hybridized carbons (Fsp3) is 0.0588. The number of nitrogens with zero attached hydrogens (tertiary/aromatic N) is 1. The third kappa shape index (κ3) is 3.50. The molecule has 0 spiro atoms. The Hall–Kier alpha value is -2.16. The SMILES string of the molecule is O=C(Nc1cc(C(F)(F)F)ccc1I)c1ccc2ccccc2n1. The van der Waals surface area contributed by atoms with Crippen molar-refractivity contribution in [2.75, 3.05) is 5.32 Å². The van der Waals surface area contributed by atoms with Gasteiger partial charge < -0.3 is 5.32 Å². The maximum atomic E-state index is 12.8. The maximum Gasteiger partial charge on any atom is 0.416 e. The van der Waals surface area contributed by atoms with Gasteiger partial charge in [-0.25, -0.2) is 4.98 Å². The lowest BCUT2D eigenvalue weighted by Gasteiger charge is -2.12. The van der Waals surface area contributed by atoms with Crippen molar-refractivity contribution in [3.8, 4) is 0 Å². The summed E-state index contributed by atoms with van der Waals surface area (Å²) >= 11 is 1.87. The number of rotatable bonds is 2. The van der Waals surface area contributed by atoms with Crippen molar-refractivity contribution in [1.82, 2.24) is 4.98 Å². The maximum absolute atomic E-state index is 12.8. The minimum absolute atomic E-state index is 0.102. The van der Waals surface area contributed by atoms with Gasteiger partial charge in [-0.1, -0.05) is 24.3 Å². The number of carbonyl (C=O) groups is 1. The van der Waals surface area contributed by atoms with Gasteiger partial charge in [-0.3, -0.25) is 4.79 Å². The van der Waals surface area contributed by atoms with Crippen LogP contribution in [0.2, 0.25) is 0 Å². The number of benzene rings is 2. The van der Waals surface area contributed by atoms with E-state index in [2.05, 4.69) is 10.3 Å². The Balaban J connectivity index is 1.91. The molecule has 0 saturated heterocycles. The lowest BCUT2D eigenvalue weighted by molar-refractivity contribution is -0.137. The van der Waals surface area contributed by atoms with Crippen LogP contribution in [0.5, 0.6) is 0 Å². The summed E-state index contributed by atoms with van der Waals surface area (Å²) in [6.07, 6.45) is -4.47. The summed E-state index contributed by atoms with van der Waals surface area (Å²) in [5.74, 6) is -0.557. The second-order valence-corrected chi connectivity index (χ2v) is 6.20. The number of hydrogen-bond donors (Lipinski definition) is 1. The quantitative estimate of drug-likeness (QED) is 0.561. The second-order valence-electron chi connectivity index (χ2n) is 5.04. The molecule has 3 aromatic rings. The molecule has 0 unspecified atom stereocenters. The summed E-state index contributed by atoms with van der Waals surface area (Å²) in [4.78, 5) is 16.5. The summed E-state index contributed by atoms with van der Waals surface area (Å²) in [5.41, 5.74) is 0.0703. The van der Waals surface area contributed by atoms with Gasteiger partial charge in [0.1, 0.15) is 5.69 Å². The molecular formula is C17H10F3IN2O. The van der Waals surface area contributed by atoms with E-state index in [1.807, 2.05) is 34.7 Å². The number of hydrogen-bond acceptors (Lipinski definition) is 2. The molecule has 3 rings (SSSR count). The first-order valence-electron chi connectivity index (χ1n) is 6.88. The smallest absolute Gasteiger partial charge is 0.320 e. The number of carbonyl (C=O) groups excluding carboxylic acids is 1. The Kier molecular flexibility index (Phi) is 4.44. The molecular weight excluding hydrogens is 432 g/mol. The molecule has 0 bridgehead atoms. The van der Waals surface area contributed by atoms with E-state index in [-0.39, 0.29) is 11.4 Å². The molecule has 0 fully saturated rings. The van der Waals surface area contributed by atoms with Gasteiger partial charge in [0.25, 0.3) is 5.91 Å². The van der Waals surface area contributed by atoms with Gasteiger partial charge in [-0.15, -0.1) is 0 Å². The third-order valence-electron chi connectivity index (χ3n) is 3.37. The van der Waals surface area contributed by atoms with E-state index in [1.54, 1.807) is 18.2 Å². The summed E-state index contributed by atoms with van der Waals surface area (Å²) in [5, 5.41) is 3.37. The Morgan fingerprint density at radius 1 is 1.04 bits per heavy atom. The molecule has 0 aliphatic rings. The van der Waals surface area contributed by atoms with Gasteiger partial charge in [0, 0.05) is 8.96 Å². The van der Waals surface area contributed by atoms with E-state index >= 15 is 0 Å². The minimum atomic E-state index is -4.47. The highest BCUT2D eigenvalue weighted by molar-refractivity contribution is 14.1. The lowest BCUT2D eigenvalue weighted by atomic mass is 10.2. The average Bonchev–Trinajstić information content (AvgIpc) is 2.55. The fourth-order valence-corrected chi connectivity index (χ4v) is 2.65. The van der Waals surface area contributed by atoms with Crippen molar-refractivity contribution in [3.05, 3.63) is 69.4 Å². The Labute approximate surface area is 149 Å². The lowest BCUT2D eigenvalue weighted by Crippen LogP contribution is -2.15. The number of fused-ring (bicyclic) bond motifs is 1. The Bertz CT molecular complexity index is 925. The first kappa shape index (κ1) is 16.7. The molecule has 7 heteroatoms. The van der Waals surface area contributed by atoms with Crippen LogP contribution in [0, 0.1) is 3.57 Å². The first-order chi connectivity index (χ1) is 11.3. The largest absolute Gasteiger partial charge is 0.416 e. The highest BCUT2D eigenvalue weighted by Crippen LogP contribution is 2.32. The molecule has 24 heavy (non-hydrogen) atoms. The number of aromatic nitrogens is 1. The summed E-state index contributed by atoms with van der Waals surface area (Å²) in [6, 6.07) is 13.8. The molecule has 1 aromatic heterocycles. The number of pyridine rings is 1. The van der Waals surface area contributed by atoms with Crippen LogP contribution in [0.1, 0.15) is 16.1 Å². The normalized spacial score (nSPS) is 11.5. The van der Waals surface area contributed by atoms with Crippen molar-refractivity contribution in [2.24, 2.45) is 0 Å². The fourth-order valence-electron chi connectivity index (χ4n) is 2.18. The number of amides is 1. The van der Waals surface area contributed by atoms with Crippen LogP contribution >= 0.6 is 22.6 Å². The zero-order chi connectivity index (χ0) is 17.3. The summed E-state index contributed by atoms with van der Waals surface area (Å²) in [7, 11) is 0. The van der Waals surface area contributed by atoms with Gasteiger partial charge in [-0.2, -0.15) is 13.2 Å². The van der Waals surface area contributed by atoms with Crippen molar-refractivity contribution >= 4 is 45.1 Å². The summed E-state index contributed by atoms with van der Waals surface area (Å²) < 4.78 is 38.9. The Morgan fingerprint density at radius 2 is 1.79 bits per heavy atom. The van der Waals surface area contributed by atoms with E-state index in [4.69, 9.17) is 0 Å². The molecule has 0 aliphatic carbocycles. The molecule has 0 aliphatic heterocycles. The highest BCUT2D eigenvalue weighted by Gasteiger charge is 2.31.